The molecule has 0 amide bonds. The van der Waals surface area contributed by atoms with Gasteiger partial charge in [0.15, 0.2) is 0 Å². The highest BCUT2D eigenvalue weighted by Gasteiger charge is 2.52. The number of rotatable bonds is 16. The van der Waals surface area contributed by atoms with Gasteiger partial charge in [-0.25, -0.2) is 0 Å². The third-order valence-electron chi connectivity index (χ3n) is 7.11. The minimum atomic E-state index is -1.17. The molecule has 0 fully saturated rings. The fraction of sp³-hybridized carbons (Fsp3) is 0. The second kappa shape index (κ2) is 17.3. The van der Waals surface area contributed by atoms with Crippen LogP contribution in [0.15, 0.2) is 0 Å². The van der Waals surface area contributed by atoms with Gasteiger partial charge in [-0.1, -0.05) is 12.8 Å². The summed E-state index contributed by atoms with van der Waals surface area (Å²) < 4.78 is 0. The Morgan fingerprint density at radius 3 is 0.639 bits per heavy atom. The number of hydrogen-bond acceptors (Lipinski definition) is 0. The number of hydrogen-bond donors (Lipinski definition) is 0. The van der Waals surface area contributed by atoms with Gasteiger partial charge in [-0.3, -0.25) is 0 Å². The summed E-state index contributed by atoms with van der Waals surface area (Å²) in [6.45, 7) is 0. The maximum atomic E-state index is 6.53. The Morgan fingerprint density at radius 2 is 0.472 bits per heavy atom. The minimum absolute atomic E-state index is 0.964. The van der Waals surface area contributed by atoms with E-state index in [1.807, 2.05) is 0 Å². The molecule has 0 nitrogen and oxygen atoms in total. The van der Waals surface area contributed by atoms with Crippen molar-refractivity contribution in [3.05, 3.63) is 0 Å². The van der Waals surface area contributed by atoms with Crippen molar-refractivity contribution in [3.63, 3.8) is 0 Å². The van der Waals surface area contributed by atoms with Crippen LogP contribution in [-0.2, 0) is 0 Å². The largest absolute Gasteiger partial charge is 0.729 e. The summed E-state index contributed by atoms with van der Waals surface area (Å²) in [7, 11) is 117. The monoisotopic (exact) mass is 396 g/mol. The Balaban J connectivity index is 7.84. The fourth-order valence-electron chi connectivity index (χ4n) is 5.65. The van der Waals surface area contributed by atoms with Gasteiger partial charge in [0.25, 0.3) is 0 Å². The zero-order valence-corrected chi connectivity index (χ0v) is 20.8. The molecule has 0 rings (SSSR count). The molecule has 36 heavy (non-hydrogen) atoms. The van der Waals surface area contributed by atoms with Gasteiger partial charge in [0.1, 0.15) is 0 Å². The predicted octanol–water partition coefficient (Wildman–Crippen LogP) is -13.7. The summed E-state index contributed by atoms with van der Waals surface area (Å²) in [6.07, 6.45) is -18.3. The molecule has 0 aliphatic carbocycles. The van der Waals surface area contributed by atoms with Crippen LogP contribution in [0.5, 0.6) is 0 Å². The van der Waals surface area contributed by atoms with Crippen molar-refractivity contribution < 1.29 is 0 Å². The summed E-state index contributed by atoms with van der Waals surface area (Å²) >= 11 is 0. The van der Waals surface area contributed by atoms with Gasteiger partial charge in [0, 0.05) is 0 Å². The molecule has 0 bridgehead atoms. The van der Waals surface area contributed by atoms with Crippen LogP contribution < -0.4 is 0 Å². The zero-order chi connectivity index (χ0) is 28.8. The first kappa shape index (κ1) is 38.3. The molecule has 0 aromatic carbocycles. The molecular weight excluding hydrogens is 389 g/mol. The summed E-state index contributed by atoms with van der Waals surface area (Å²) in [5, 5.41) is 0. The van der Waals surface area contributed by atoms with E-state index in [2.05, 4.69) is 0 Å². The molecule has 0 spiro atoms. The fourth-order valence-corrected chi connectivity index (χ4v) is 5.65. The second-order valence-electron chi connectivity index (χ2n) is 9.81. The van der Waals surface area contributed by atoms with Gasteiger partial charge >= 0.3 is 0 Å². The lowest BCUT2D eigenvalue weighted by Crippen LogP contribution is -2.91. The molecule has 0 aromatic heterocycles. The Bertz CT molecular complexity index is 509. The Kier molecular flexibility index (Phi) is 18.5. The van der Waals surface area contributed by atoms with Gasteiger partial charge in [-0.05, 0) is 199 Å². The Hall–Kier alpha value is 2.34. The van der Waals surface area contributed by atoms with Crippen LogP contribution in [0.1, 0.15) is 0 Å². The topological polar surface area (TPSA) is 0 Å². The van der Waals surface area contributed by atoms with Crippen LogP contribution >= 0.6 is 0 Å². The minimum Gasteiger partial charge on any atom is -0.729 e. The van der Waals surface area contributed by atoms with E-state index in [9.17, 15) is 0 Å². The van der Waals surface area contributed by atoms with E-state index in [-0.39, 0.29) is 0 Å². The quantitative estimate of drug-likeness (QED) is 0.230. The molecule has 42 radical (unpaired) electrons. The molecule has 36 heteroatoms. The lowest BCUT2D eigenvalue weighted by molar-refractivity contribution is 3.23. The first-order valence-electron chi connectivity index (χ1n) is 11.7. The summed E-state index contributed by atoms with van der Waals surface area (Å²) in [5.41, 5.74) is 0. The molecule has 0 aliphatic rings. The van der Waals surface area contributed by atoms with Crippen molar-refractivity contribution in [2.45, 2.75) is 0 Å². The van der Waals surface area contributed by atoms with Gasteiger partial charge in [0.05, 0.1) is 0 Å². The highest BCUT2D eigenvalue weighted by atomic mass is 13.4. The average Bonchev–Trinajstić information content (AvgIpc) is 2.66. The van der Waals surface area contributed by atoms with E-state index in [0.717, 1.165) is 0 Å². The highest BCUT2D eigenvalue weighted by molar-refractivity contribution is 8.30. The third kappa shape index (κ3) is 10.3. The molecule has 0 N–H and O–H groups in total. The Labute approximate surface area is 254 Å². The lowest BCUT2D eigenvalue weighted by Gasteiger charge is -2.61. The predicted molar refractivity (Wildman–Crippen MR) is 207 cm³/mol. The van der Waals surface area contributed by atoms with E-state index in [1.165, 1.54) is 0 Å². The first-order chi connectivity index (χ1) is 16.3. The molecule has 0 aromatic rings. The molecule has 112 valence electrons. The van der Waals surface area contributed by atoms with Gasteiger partial charge in [-0.15, -0.1) is 0 Å². The maximum Gasteiger partial charge on any atom is -0.000000000000326 e. The smallest absolute Gasteiger partial charge is 0.000000000000326 e. The Morgan fingerprint density at radius 1 is 0.250 bits per heavy atom. The summed E-state index contributed by atoms with van der Waals surface area (Å²) in [6, 6.07) is 0. The summed E-state index contributed by atoms with van der Waals surface area (Å²) in [5.74, 6) is 0. The van der Waals surface area contributed by atoms with E-state index in [4.69, 9.17) is 147 Å². The highest BCUT2D eigenvalue weighted by Crippen LogP contribution is 2.17. The van der Waals surface area contributed by atoms with Crippen molar-refractivity contribution in [1.29, 1.82) is 0 Å². The van der Waals surface area contributed by atoms with Gasteiger partial charge < -0.3 is 43.7 Å². The first-order valence-corrected chi connectivity index (χ1v) is 11.7. The van der Waals surface area contributed by atoms with Crippen LogP contribution in [0.3, 0.4) is 0 Å². The lowest BCUT2D eigenvalue weighted by atomic mass is 8.29. The van der Waals surface area contributed by atoms with Crippen molar-refractivity contribution in [3.8, 4) is 0 Å². The van der Waals surface area contributed by atoms with Crippen molar-refractivity contribution >= 4 is 256 Å². The van der Waals surface area contributed by atoms with Crippen LogP contribution in [0, 0.1) is 0 Å². The van der Waals surface area contributed by atoms with Crippen LogP contribution in [0.25, 0.3) is 0 Å². The molecule has 0 heterocycles. The second-order valence-corrected chi connectivity index (χ2v) is 9.81. The van der Waals surface area contributed by atoms with E-state index >= 15 is 0 Å². The van der Waals surface area contributed by atoms with Crippen LogP contribution in [-0.4, -0.2) is 256 Å². The van der Waals surface area contributed by atoms with E-state index in [0.29, 0.717) is 0 Å². The average molecular weight is 389 g/mol. The van der Waals surface area contributed by atoms with E-state index < -0.39 is 109 Å². The SMILES string of the molecule is [B]B([B])B(B([B])[B])B(B(B([B])[B])B([B])[B])B(B(B([B])[B])B([B])[B])B(B([B])B([B-])[B-])B(B([B])[B])B([B-])[B-]. The van der Waals surface area contributed by atoms with Crippen molar-refractivity contribution in [2.24, 2.45) is 0 Å². The van der Waals surface area contributed by atoms with Crippen molar-refractivity contribution in [2.75, 3.05) is 0 Å². The van der Waals surface area contributed by atoms with Crippen LogP contribution in [0.2, 0.25) is 0 Å². The molecule has 0 saturated carbocycles. The molecule has 0 unspecified atom stereocenters. The van der Waals surface area contributed by atoms with Gasteiger partial charge in [0.2, 0.25) is 0 Å². The molecule has 0 aliphatic heterocycles. The van der Waals surface area contributed by atoms with E-state index in [1.54, 1.807) is 0 Å². The van der Waals surface area contributed by atoms with Crippen LogP contribution in [0.4, 0.5) is 0 Å². The van der Waals surface area contributed by atoms with Crippen molar-refractivity contribution in [1.82, 2.24) is 0 Å². The molecule has 0 saturated heterocycles. The third-order valence-corrected chi connectivity index (χ3v) is 7.11. The summed E-state index contributed by atoms with van der Waals surface area (Å²) in [4.78, 5) is 0. The standard InChI is InChI=1S/B36/c1-20(2)29(19)34(30(21(3)4)22(5)6)36(33(27(15)16)28(17)18)35(31(23(7)8)24(9)10)32(25(11)12)26(13)14/q-4. The maximum absolute atomic E-state index is 6.53. The molecule has 0 atom stereocenters. The molecular formula is B36-4. The van der Waals surface area contributed by atoms with Gasteiger partial charge in [-0.2, -0.15) is 0 Å². The zero-order valence-electron chi connectivity index (χ0n) is 20.8. The normalized spacial score (nSPS) is 9.67.